The van der Waals surface area contributed by atoms with Crippen LogP contribution in [-0.2, 0) is 0 Å². The van der Waals surface area contributed by atoms with Crippen LogP contribution in [0, 0.1) is 0 Å². The van der Waals surface area contributed by atoms with E-state index in [-0.39, 0.29) is 6.04 Å². The third kappa shape index (κ3) is 4.95. The largest absolute Gasteiger partial charge is 0.401 e. The van der Waals surface area contributed by atoms with Crippen LogP contribution in [0.4, 0.5) is 13.2 Å². The first-order chi connectivity index (χ1) is 9.89. The lowest BCUT2D eigenvalue weighted by Crippen LogP contribution is -2.51. The molecular formula is C14H19BrF3N3. The van der Waals surface area contributed by atoms with Gasteiger partial charge in [0.05, 0.1) is 6.54 Å². The molecule has 0 aliphatic carbocycles. The van der Waals surface area contributed by atoms with Crippen LogP contribution in [0.3, 0.4) is 0 Å². The molecule has 0 radical (unpaired) electrons. The summed E-state index contributed by atoms with van der Waals surface area (Å²) < 4.78 is 38.2. The molecule has 0 amide bonds. The molecule has 1 saturated heterocycles. The summed E-state index contributed by atoms with van der Waals surface area (Å²) in [5.41, 5.74) is 6.96. The highest BCUT2D eigenvalue weighted by Crippen LogP contribution is 2.24. The number of hydrogen-bond donors (Lipinski definition) is 1. The van der Waals surface area contributed by atoms with Gasteiger partial charge in [-0.2, -0.15) is 13.2 Å². The Hall–Kier alpha value is -0.630. The number of benzene rings is 1. The molecule has 1 fully saturated rings. The SMILES string of the molecule is NCC(c1ccc(Br)cc1)N1CCN(CC(F)(F)F)CC1. The van der Waals surface area contributed by atoms with Gasteiger partial charge in [-0.1, -0.05) is 28.1 Å². The highest BCUT2D eigenvalue weighted by Gasteiger charge is 2.33. The van der Waals surface area contributed by atoms with Crippen LogP contribution in [-0.4, -0.2) is 55.2 Å². The molecule has 1 unspecified atom stereocenters. The molecule has 1 aliphatic heterocycles. The molecule has 2 N–H and O–H groups in total. The average molecular weight is 366 g/mol. The van der Waals surface area contributed by atoms with Crippen molar-refractivity contribution in [2.24, 2.45) is 5.73 Å². The van der Waals surface area contributed by atoms with Crippen molar-refractivity contribution in [1.29, 1.82) is 0 Å². The van der Waals surface area contributed by atoms with Gasteiger partial charge in [0.25, 0.3) is 0 Å². The Morgan fingerprint density at radius 2 is 1.67 bits per heavy atom. The molecule has 0 saturated carbocycles. The molecule has 1 aromatic carbocycles. The number of hydrogen-bond acceptors (Lipinski definition) is 3. The Balaban J connectivity index is 1.95. The van der Waals surface area contributed by atoms with E-state index in [0.717, 1.165) is 10.0 Å². The van der Waals surface area contributed by atoms with Gasteiger partial charge in [0.1, 0.15) is 0 Å². The van der Waals surface area contributed by atoms with E-state index in [4.69, 9.17) is 5.73 Å². The molecule has 3 nitrogen and oxygen atoms in total. The Morgan fingerprint density at radius 3 is 2.14 bits per heavy atom. The number of nitrogens with two attached hydrogens (primary N) is 1. The molecular weight excluding hydrogens is 347 g/mol. The maximum atomic E-state index is 12.4. The fraction of sp³-hybridized carbons (Fsp3) is 0.571. The minimum Gasteiger partial charge on any atom is -0.329 e. The summed E-state index contributed by atoms with van der Waals surface area (Å²) in [5, 5.41) is 0. The maximum Gasteiger partial charge on any atom is 0.401 e. The zero-order valence-electron chi connectivity index (χ0n) is 11.6. The summed E-state index contributed by atoms with van der Waals surface area (Å²) in [5.74, 6) is 0. The standard InChI is InChI=1S/C14H19BrF3N3/c15-12-3-1-11(2-4-12)13(9-19)21-7-5-20(6-8-21)10-14(16,17)18/h1-4,13H,5-10,19H2. The lowest BCUT2D eigenvalue weighted by molar-refractivity contribution is -0.149. The molecule has 118 valence electrons. The van der Waals surface area contributed by atoms with Crippen LogP contribution < -0.4 is 5.73 Å². The van der Waals surface area contributed by atoms with E-state index in [1.54, 1.807) is 0 Å². The van der Waals surface area contributed by atoms with Crippen molar-refractivity contribution in [2.45, 2.75) is 12.2 Å². The van der Waals surface area contributed by atoms with E-state index in [9.17, 15) is 13.2 Å². The Morgan fingerprint density at radius 1 is 1.10 bits per heavy atom. The van der Waals surface area contributed by atoms with Crippen molar-refractivity contribution in [3.63, 3.8) is 0 Å². The molecule has 21 heavy (non-hydrogen) atoms. The van der Waals surface area contributed by atoms with Crippen LogP contribution in [0.5, 0.6) is 0 Å². The molecule has 0 aromatic heterocycles. The van der Waals surface area contributed by atoms with Gasteiger partial charge in [-0.15, -0.1) is 0 Å². The van der Waals surface area contributed by atoms with Crippen LogP contribution in [0.25, 0.3) is 0 Å². The molecule has 0 spiro atoms. The van der Waals surface area contributed by atoms with Crippen LogP contribution in [0.15, 0.2) is 28.7 Å². The Kier molecular flexibility index (Phi) is 5.65. The summed E-state index contributed by atoms with van der Waals surface area (Å²) in [6.07, 6.45) is -4.12. The van der Waals surface area contributed by atoms with Gasteiger partial charge in [-0.3, -0.25) is 9.80 Å². The number of halogens is 4. The summed E-state index contributed by atoms with van der Waals surface area (Å²) in [6, 6.07) is 7.98. The zero-order valence-corrected chi connectivity index (χ0v) is 13.2. The van der Waals surface area contributed by atoms with Gasteiger partial charge in [0.2, 0.25) is 0 Å². The van der Waals surface area contributed by atoms with E-state index in [1.807, 2.05) is 24.3 Å². The third-order valence-electron chi connectivity index (χ3n) is 3.73. The number of alkyl halides is 3. The number of rotatable bonds is 4. The molecule has 0 bridgehead atoms. The van der Waals surface area contributed by atoms with Gasteiger partial charge in [0, 0.05) is 43.2 Å². The minimum atomic E-state index is -4.12. The van der Waals surface area contributed by atoms with Crippen molar-refractivity contribution in [2.75, 3.05) is 39.3 Å². The van der Waals surface area contributed by atoms with Gasteiger partial charge >= 0.3 is 6.18 Å². The lowest BCUT2D eigenvalue weighted by Gasteiger charge is -2.39. The number of nitrogens with zero attached hydrogens (tertiary/aromatic N) is 2. The van der Waals surface area contributed by atoms with E-state index >= 15 is 0 Å². The topological polar surface area (TPSA) is 32.5 Å². The third-order valence-corrected chi connectivity index (χ3v) is 4.26. The smallest absolute Gasteiger partial charge is 0.329 e. The minimum absolute atomic E-state index is 0.0612. The molecule has 1 heterocycles. The van der Waals surface area contributed by atoms with E-state index in [2.05, 4.69) is 20.8 Å². The van der Waals surface area contributed by atoms with Gasteiger partial charge in [0.15, 0.2) is 0 Å². The average Bonchev–Trinajstić information content (AvgIpc) is 2.42. The zero-order chi connectivity index (χ0) is 15.5. The second kappa shape index (κ2) is 7.09. The van der Waals surface area contributed by atoms with Crippen LogP contribution >= 0.6 is 15.9 Å². The molecule has 2 rings (SSSR count). The highest BCUT2D eigenvalue weighted by atomic mass is 79.9. The van der Waals surface area contributed by atoms with Crippen molar-refractivity contribution in [1.82, 2.24) is 9.80 Å². The Labute approximate surface area is 131 Å². The van der Waals surface area contributed by atoms with E-state index in [0.29, 0.717) is 32.7 Å². The monoisotopic (exact) mass is 365 g/mol. The van der Waals surface area contributed by atoms with Crippen molar-refractivity contribution < 1.29 is 13.2 Å². The van der Waals surface area contributed by atoms with Gasteiger partial charge in [-0.05, 0) is 17.7 Å². The first kappa shape index (κ1) is 16.7. The number of piperazine rings is 1. The quantitative estimate of drug-likeness (QED) is 0.890. The summed E-state index contributed by atoms with van der Waals surface area (Å²) in [4.78, 5) is 3.61. The van der Waals surface area contributed by atoms with Gasteiger partial charge in [-0.25, -0.2) is 0 Å². The molecule has 1 aromatic rings. The second-order valence-corrected chi connectivity index (χ2v) is 6.15. The maximum absolute atomic E-state index is 12.4. The van der Waals surface area contributed by atoms with Crippen molar-refractivity contribution in [3.8, 4) is 0 Å². The second-order valence-electron chi connectivity index (χ2n) is 5.23. The lowest BCUT2D eigenvalue weighted by atomic mass is 10.0. The predicted octanol–water partition coefficient (Wildman–Crippen LogP) is 2.63. The molecule has 1 aliphatic rings. The summed E-state index contributed by atoms with van der Waals surface area (Å²) in [7, 11) is 0. The molecule has 1 atom stereocenters. The Bertz CT molecular complexity index is 442. The highest BCUT2D eigenvalue weighted by molar-refractivity contribution is 9.10. The summed E-state index contributed by atoms with van der Waals surface area (Å²) in [6.45, 7) is 1.69. The summed E-state index contributed by atoms with van der Waals surface area (Å²) >= 11 is 3.39. The van der Waals surface area contributed by atoms with Crippen LogP contribution in [0.2, 0.25) is 0 Å². The predicted molar refractivity (Wildman–Crippen MR) is 80.0 cm³/mol. The fourth-order valence-electron chi connectivity index (χ4n) is 2.67. The first-order valence-electron chi connectivity index (χ1n) is 6.88. The normalized spacial score (nSPS) is 19.7. The van der Waals surface area contributed by atoms with E-state index in [1.165, 1.54) is 4.90 Å². The van der Waals surface area contributed by atoms with Crippen molar-refractivity contribution in [3.05, 3.63) is 34.3 Å². The fourth-order valence-corrected chi connectivity index (χ4v) is 2.93. The van der Waals surface area contributed by atoms with E-state index < -0.39 is 12.7 Å². The molecule has 7 heteroatoms. The van der Waals surface area contributed by atoms with Crippen LogP contribution in [0.1, 0.15) is 11.6 Å². The van der Waals surface area contributed by atoms with Crippen molar-refractivity contribution >= 4 is 15.9 Å². The first-order valence-corrected chi connectivity index (χ1v) is 7.67. The van der Waals surface area contributed by atoms with Gasteiger partial charge < -0.3 is 5.73 Å².